The van der Waals surface area contributed by atoms with E-state index in [4.69, 9.17) is 56.8 Å². The summed E-state index contributed by atoms with van der Waals surface area (Å²) in [6.45, 7) is 16.4. The fourth-order valence-electron chi connectivity index (χ4n) is 14.4. The van der Waals surface area contributed by atoms with E-state index in [1.54, 1.807) is 13.8 Å². The molecule has 8 aliphatic rings. The molecular weight excluding hydrogens is 917 g/mol. The lowest BCUT2D eigenvalue weighted by Gasteiger charge is -2.63. The Bertz CT molecular complexity index is 2030. The number of carbonyl (C=O) groups is 6. The van der Waals surface area contributed by atoms with Gasteiger partial charge in [0, 0.05) is 77.7 Å². The van der Waals surface area contributed by atoms with Crippen LogP contribution in [0.3, 0.4) is 0 Å². The molecule has 0 spiro atoms. The van der Waals surface area contributed by atoms with Crippen molar-refractivity contribution in [2.24, 2.45) is 34.5 Å². The van der Waals surface area contributed by atoms with E-state index in [0.717, 1.165) is 50.5 Å². The van der Waals surface area contributed by atoms with Gasteiger partial charge in [0.05, 0.1) is 30.0 Å². The molecule has 19 nitrogen and oxygen atoms in total. The van der Waals surface area contributed by atoms with E-state index in [2.05, 4.69) is 13.8 Å². The summed E-state index contributed by atoms with van der Waals surface area (Å²) in [7, 11) is 0. The molecule has 0 amide bonds. The Labute approximate surface area is 409 Å². The van der Waals surface area contributed by atoms with Gasteiger partial charge in [-0.25, -0.2) is 4.79 Å². The van der Waals surface area contributed by atoms with Crippen LogP contribution in [0.15, 0.2) is 11.6 Å². The average Bonchev–Trinajstić information content (AvgIpc) is 3.77. The van der Waals surface area contributed by atoms with Gasteiger partial charge in [-0.3, -0.25) is 24.0 Å². The molecule has 21 atom stereocenters. The van der Waals surface area contributed by atoms with Crippen LogP contribution < -0.4 is 0 Å². The molecule has 0 unspecified atom stereocenters. The van der Waals surface area contributed by atoms with Crippen LogP contribution in [0.25, 0.3) is 0 Å². The minimum Gasteiger partial charge on any atom is -0.462 e. The maximum Gasteiger partial charge on any atom is 0.331 e. The van der Waals surface area contributed by atoms with E-state index in [-0.39, 0.29) is 55.1 Å². The van der Waals surface area contributed by atoms with Crippen LogP contribution >= 0.6 is 0 Å². The second-order valence-corrected chi connectivity index (χ2v) is 21.8. The van der Waals surface area contributed by atoms with E-state index < -0.39 is 127 Å². The lowest BCUT2D eigenvalue weighted by atomic mass is 9.43. The fourth-order valence-corrected chi connectivity index (χ4v) is 14.4. The van der Waals surface area contributed by atoms with Gasteiger partial charge in [0.1, 0.15) is 43.2 Å². The molecule has 0 bridgehead atoms. The van der Waals surface area contributed by atoms with Gasteiger partial charge in [0.2, 0.25) is 0 Å². The Morgan fingerprint density at radius 1 is 0.586 bits per heavy atom. The Morgan fingerprint density at radius 3 is 1.57 bits per heavy atom. The van der Waals surface area contributed by atoms with Crippen molar-refractivity contribution in [3.05, 3.63) is 11.6 Å². The van der Waals surface area contributed by atoms with Gasteiger partial charge in [0.15, 0.2) is 25.0 Å². The van der Waals surface area contributed by atoms with Gasteiger partial charge in [-0.1, -0.05) is 13.8 Å². The van der Waals surface area contributed by atoms with Crippen molar-refractivity contribution in [2.75, 3.05) is 6.61 Å². The summed E-state index contributed by atoms with van der Waals surface area (Å²) >= 11 is 0. The van der Waals surface area contributed by atoms with Crippen molar-refractivity contribution in [1.29, 1.82) is 0 Å². The van der Waals surface area contributed by atoms with Gasteiger partial charge in [-0.15, -0.1) is 0 Å². The number of ether oxygens (including phenoxy) is 12. The zero-order valence-corrected chi connectivity index (χ0v) is 42.3. The third-order valence-electron chi connectivity index (χ3n) is 17.3. The Morgan fingerprint density at radius 2 is 1.07 bits per heavy atom. The highest BCUT2D eigenvalue weighted by Crippen LogP contribution is 2.70. The maximum absolute atomic E-state index is 13.0. The molecule has 19 heteroatoms. The molecule has 392 valence electrons. The number of cyclic esters (lactones) is 1. The molecule has 0 aromatic carbocycles. The molecule has 7 fully saturated rings. The molecule has 3 saturated heterocycles. The molecule has 4 saturated carbocycles. The first-order chi connectivity index (χ1) is 33.0. The van der Waals surface area contributed by atoms with Crippen LogP contribution in [0.2, 0.25) is 0 Å². The average molecular weight is 991 g/mol. The van der Waals surface area contributed by atoms with Crippen molar-refractivity contribution >= 4 is 35.8 Å². The van der Waals surface area contributed by atoms with Gasteiger partial charge < -0.3 is 61.9 Å². The minimum absolute atomic E-state index is 0.00588. The van der Waals surface area contributed by atoms with Crippen LogP contribution in [-0.2, 0) is 85.6 Å². The van der Waals surface area contributed by atoms with Crippen LogP contribution in [0.5, 0.6) is 0 Å². The molecule has 0 aromatic heterocycles. The lowest BCUT2D eigenvalue weighted by Crippen LogP contribution is -2.62. The van der Waals surface area contributed by atoms with Crippen LogP contribution in [0.4, 0.5) is 0 Å². The van der Waals surface area contributed by atoms with Crippen molar-refractivity contribution in [3.63, 3.8) is 0 Å². The highest BCUT2D eigenvalue weighted by atomic mass is 16.8. The van der Waals surface area contributed by atoms with Crippen LogP contribution in [0, 0.1) is 34.5 Å². The van der Waals surface area contributed by atoms with Gasteiger partial charge in [-0.05, 0) is 94.5 Å². The first-order valence-electron chi connectivity index (χ1n) is 25.4. The number of rotatable bonds is 12. The van der Waals surface area contributed by atoms with Crippen molar-refractivity contribution < 1.29 is 90.7 Å². The summed E-state index contributed by atoms with van der Waals surface area (Å²) in [6, 6.07) is 0. The number of hydrogen-bond acceptors (Lipinski definition) is 19. The normalized spacial score (nSPS) is 45.6. The molecule has 70 heavy (non-hydrogen) atoms. The highest BCUT2D eigenvalue weighted by Gasteiger charge is 2.71. The quantitative estimate of drug-likeness (QED) is 0.153. The summed E-state index contributed by atoms with van der Waals surface area (Å²) < 4.78 is 72.5. The van der Waals surface area contributed by atoms with Crippen molar-refractivity contribution in [1.82, 2.24) is 0 Å². The van der Waals surface area contributed by atoms with E-state index in [9.17, 15) is 33.9 Å². The number of carbonyl (C=O) groups excluding carboxylic acids is 6. The van der Waals surface area contributed by atoms with Crippen molar-refractivity contribution in [3.8, 4) is 0 Å². The fraction of sp³-hybridized carbons (Fsp3) is 0.843. The Balaban J connectivity index is 0.893. The number of esters is 6. The topological polar surface area (TPSA) is 233 Å². The highest BCUT2D eigenvalue weighted by molar-refractivity contribution is 5.85. The number of hydrogen-bond donors (Lipinski definition) is 1. The third kappa shape index (κ3) is 10.5. The summed E-state index contributed by atoms with van der Waals surface area (Å²) in [6.07, 6.45) is -2.20. The van der Waals surface area contributed by atoms with E-state index >= 15 is 0 Å². The summed E-state index contributed by atoms with van der Waals surface area (Å²) in [5.41, 5.74) is -0.965. The zero-order valence-electron chi connectivity index (χ0n) is 42.3. The van der Waals surface area contributed by atoms with E-state index in [1.807, 2.05) is 6.92 Å². The van der Waals surface area contributed by atoms with Crippen molar-refractivity contribution in [2.45, 2.75) is 231 Å². The molecule has 8 rings (SSSR count). The zero-order chi connectivity index (χ0) is 50.6. The van der Waals surface area contributed by atoms with Gasteiger partial charge in [0.25, 0.3) is 0 Å². The van der Waals surface area contributed by atoms with E-state index in [1.165, 1.54) is 40.7 Å². The van der Waals surface area contributed by atoms with Crippen LogP contribution in [0.1, 0.15) is 140 Å². The summed E-state index contributed by atoms with van der Waals surface area (Å²) in [4.78, 5) is 73.5. The monoisotopic (exact) mass is 990 g/mol. The minimum atomic E-state index is -1.10. The molecule has 0 radical (unpaired) electrons. The lowest BCUT2D eigenvalue weighted by molar-refractivity contribution is -0.337. The first kappa shape index (κ1) is 52.6. The summed E-state index contributed by atoms with van der Waals surface area (Å²) in [5, 5.41) is 13.0. The molecular formula is C51H74O19. The van der Waals surface area contributed by atoms with Gasteiger partial charge in [-0.2, -0.15) is 0 Å². The maximum atomic E-state index is 13.0. The molecule has 4 aliphatic carbocycles. The second kappa shape index (κ2) is 20.7. The molecule has 0 aromatic rings. The largest absolute Gasteiger partial charge is 0.462 e. The second-order valence-electron chi connectivity index (χ2n) is 21.8. The predicted octanol–water partition coefficient (Wildman–Crippen LogP) is 5.07. The SMILES string of the molecule is CC(=O)O[C@H]1[C@@H](OC(C)=O)C[C@H](O[C@H]2[C@@H](OC(C)=O)C[C@H](O[C@H]3[C@@H](OC(C)=O)C[C@H](O[C@H]4CC[C@@]5(C)[C@H](CC[C@@H]6[C@@H]5CC[C@]5(C)[C@@H](C7=CC(=O)OC7)[C@@H](OC(C)=O)C[C@]65O)C4)O[C@@H]3C)O[C@@H]2C)O[C@@H]1C. The standard InChI is InChI=1S/C51H74O19/c1-24-46(67-31(8)56)37(63-27(4)52)20-43(61-24)69-48-26(3)62-44(21-39(48)65-29(6)54)70-47-25(2)60-42(19-38(47)64-28(5)53)68-34-13-15-49(9)33(18-34)11-12-36-35(49)14-16-50(10)45(32-17-41(57)59-23-32)40(66-30(7)55)22-51(36,50)58/h17,24-26,33-40,42-48,58H,11-16,18-23H2,1-10H3/t24-,25-,26-,33-,34+,35+,36-,37+,38+,39+,40+,42+,43+,44+,45+,46-,47-,48-,49+,50-,51+/m1/s1. The first-order valence-corrected chi connectivity index (χ1v) is 25.4. The van der Waals surface area contributed by atoms with Gasteiger partial charge >= 0.3 is 35.8 Å². The molecule has 1 N–H and O–H groups in total. The predicted molar refractivity (Wildman–Crippen MR) is 240 cm³/mol. The Hall–Kier alpha value is -3.72. The number of aliphatic hydroxyl groups is 1. The van der Waals surface area contributed by atoms with Crippen LogP contribution in [-0.4, -0.2) is 139 Å². The number of fused-ring (bicyclic) bond motifs is 5. The third-order valence-corrected chi connectivity index (χ3v) is 17.3. The Kier molecular flexibility index (Phi) is 15.5. The molecule has 4 heterocycles. The summed E-state index contributed by atoms with van der Waals surface area (Å²) in [5.74, 6) is -2.71. The molecule has 4 aliphatic heterocycles. The van der Waals surface area contributed by atoms with E-state index in [0.29, 0.717) is 12.3 Å². The smallest absolute Gasteiger partial charge is 0.331 e.